The monoisotopic (exact) mass is 278 g/mol. The Balaban J connectivity index is 2.22. The van der Waals surface area contributed by atoms with Gasteiger partial charge in [0.2, 0.25) is 0 Å². The van der Waals surface area contributed by atoms with E-state index >= 15 is 0 Å². The molecule has 2 unspecified atom stereocenters. The lowest BCUT2D eigenvalue weighted by Gasteiger charge is -2.29. The Morgan fingerprint density at radius 2 is 2.00 bits per heavy atom. The number of carboxylic acids is 1. The predicted octanol–water partition coefficient (Wildman–Crippen LogP) is 1.15. The zero-order chi connectivity index (χ0) is 14.7. The molecule has 0 spiro atoms. The molecule has 108 valence electrons. The fourth-order valence-corrected chi connectivity index (χ4v) is 2.45. The topological polar surface area (TPSA) is 81.1 Å². The van der Waals surface area contributed by atoms with Crippen LogP contribution in [0.2, 0.25) is 0 Å². The zero-order valence-electron chi connectivity index (χ0n) is 11.3. The number of amides is 2. The third-order valence-corrected chi connectivity index (χ3v) is 3.42. The molecule has 6 nitrogen and oxygen atoms in total. The Bertz CT molecular complexity index is 491. The Morgan fingerprint density at radius 3 is 2.55 bits per heavy atom. The highest BCUT2D eigenvalue weighted by Crippen LogP contribution is 2.23. The van der Waals surface area contributed by atoms with Gasteiger partial charge in [0.1, 0.15) is 6.04 Å². The number of hydrogen-bond donors (Lipinski definition) is 2. The van der Waals surface area contributed by atoms with Gasteiger partial charge in [0.25, 0.3) is 0 Å². The number of aliphatic hydroxyl groups is 1. The van der Waals surface area contributed by atoms with Gasteiger partial charge < -0.3 is 15.1 Å². The van der Waals surface area contributed by atoms with E-state index in [9.17, 15) is 14.7 Å². The largest absolute Gasteiger partial charge is 0.480 e. The van der Waals surface area contributed by atoms with Crippen LogP contribution in [0.1, 0.15) is 13.3 Å². The summed E-state index contributed by atoms with van der Waals surface area (Å²) in [5, 5.41) is 18.8. The maximum atomic E-state index is 12.5. The molecule has 2 amide bonds. The second kappa shape index (κ2) is 5.92. The molecule has 1 aromatic rings. The van der Waals surface area contributed by atoms with Crippen molar-refractivity contribution in [2.45, 2.75) is 25.5 Å². The molecule has 1 aliphatic rings. The first-order chi connectivity index (χ1) is 9.54. The van der Waals surface area contributed by atoms with E-state index < -0.39 is 18.1 Å². The molecule has 1 fully saturated rings. The number of carbonyl (C=O) groups excluding carboxylic acids is 1. The summed E-state index contributed by atoms with van der Waals surface area (Å²) in [4.78, 5) is 26.4. The molecule has 20 heavy (non-hydrogen) atoms. The molecule has 0 radical (unpaired) electrons. The lowest BCUT2D eigenvalue weighted by Crippen LogP contribution is -2.48. The maximum absolute atomic E-state index is 12.5. The molecule has 1 aliphatic heterocycles. The number of carbonyl (C=O) groups is 2. The van der Waals surface area contributed by atoms with Crippen LogP contribution in [0.15, 0.2) is 30.3 Å². The van der Waals surface area contributed by atoms with Gasteiger partial charge in [-0.1, -0.05) is 18.2 Å². The van der Waals surface area contributed by atoms with E-state index in [1.54, 1.807) is 12.1 Å². The van der Waals surface area contributed by atoms with Crippen LogP contribution in [-0.2, 0) is 4.79 Å². The lowest BCUT2D eigenvalue weighted by atomic mass is 10.2. The normalized spacial score (nSPS) is 21.8. The van der Waals surface area contributed by atoms with E-state index in [1.807, 2.05) is 25.1 Å². The minimum absolute atomic E-state index is 0.0547. The molecule has 0 aliphatic carbocycles. The van der Waals surface area contributed by atoms with Crippen molar-refractivity contribution in [3.05, 3.63) is 30.3 Å². The van der Waals surface area contributed by atoms with Crippen LogP contribution in [-0.4, -0.2) is 52.3 Å². The van der Waals surface area contributed by atoms with Crippen LogP contribution < -0.4 is 4.90 Å². The number of hydrogen-bond acceptors (Lipinski definition) is 3. The molecule has 6 heteroatoms. The molecule has 2 N–H and O–H groups in total. The van der Waals surface area contributed by atoms with Gasteiger partial charge in [-0.2, -0.15) is 0 Å². The van der Waals surface area contributed by atoms with Crippen molar-refractivity contribution in [3.8, 4) is 0 Å². The summed E-state index contributed by atoms with van der Waals surface area (Å²) in [5.41, 5.74) is 0.713. The molecule has 1 saturated heterocycles. The van der Waals surface area contributed by atoms with Gasteiger partial charge in [-0.3, -0.25) is 4.90 Å². The Labute approximate surface area is 117 Å². The van der Waals surface area contributed by atoms with Crippen molar-refractivity contribution >= 4 is 17.7 Å². The number of urea groups is 1. The van der Waals surface area contributed by atoms with E-state index in [1.165, 1.54) is 9.80 Å². The van der Waals surface area contributed by atoms with Crippen LogP contribution in [0.5, 0.6) is 0 Å². The van der Waals surface area contributed by atoms with Crippen molar-refractivity contribution in [2.75, 3.05) is 18.0 Å². The first kappa shape index (κ1) is 14.3. The first-order valence-corrected chi connectivity index (χ1v) is 6.58. The van der Waals surface area contributed by atoms with Crippen molar-refractivity contribution in [3.63, 3.8) is 0 Å². The summed E-state index contributed by atoms with van der Waals surface area (Å²) >= 11 is 0. The van der Waals surface area contributed by atoms with E-state index in [0.29, 0.717) is 12.2 Å². The van der Waals surface area contributed by atoms with Crippen molar-refractivity contribution < 1.29 is 19.8 Å². The summed E-state index contributed by atoms with van der Waals surface area (Å²) in [6.45, 7) is 2.31. The number of β-amino-alcohol motifs (C(OH)–C–C–N with tert-alkyl or cyclic N) is 1. The lowest BCUT2D eigenvalue weighted by molar-refractivity contribution is -0.141. The van der Waals surface area contributed by atoms with E-state index in [0.717, 1.165) is 0 Å². The quantitative estimate of drug-likeness (QED) is 0.869. The number of carboxylic acid groups (broad SMARTS) is 1. The zero-order valence-corrected chi connectivity index (χ0v) is 11.3. The number of nitrogens with zero attached hydrogens (tertiary/aromatic N) is 2. The molecule has 0 aromatic heterocycles. The standard InChI is InChI=1S/C14H18N2O4/c1-2-15(10-6-4-3-5-7-10)14(20)16-9-11(17)8-12(16)13(18)19/h3-7,11-12,17H,2,8-9H2,1H3,(H,18,19). The SMILES string of the molecule is CCN(C(=O)N1CC(O)CC1C(=O)O)c1ccccc1. The maximum Gasteiger partial charge on any atom is 0.326 e. The molecule has 0 saturated carbocycles. The number of anilines is 1. The van der Waals surface area contributed by atoms with Crippen LogP contribution in [0, 0.1) is 0 Å². The minimum Gasteiger partial charge on any atom is -0.480 e. The van der Waals surface area contributed by atoms with Crippen LogP contribution in [0.25, 0.3) is 0 Å². The van der Waals surface area contributed by atoms with E-state index in [-0.39, 0.29) is 19.0 Å². The van der Waals surface area contributed by atoms with E-state index in [4.69, 9.17) is 5.11 Å². The van der Waals surface area contributed by atoms with Gasteiger partial charge in [0.15, 0.2) is 0 Å². The number of likely N-dealkylation sites (tertiary alicyclic amines) is 1. The highest BCUT2D eigenvalue weighted by Gasteiger charge is 2.40. The summed E-state index contributed by atoms with van der Waals surface area (Å²) in [6, 6.07) is 7.73. The molecule has 2 atom stereocenters. The molecule has 2 rings (SSSR count). The third-order valence-electron chi connectivity index (χ3n) is 3.42. The van der Waals surface area contributed by atoms with Crippen molar-refractivity contribution in [2.24, 2.45) is 0 Å². The van der Waals surface area contributed by atoms with Crippen LogP contribution in [0.4, 0.5) is 10.5 Å². The summed E-state index contributed by atoms with van der Waals surface area (Å²) in [7, 11) is 0. The molecule has 0 bridgehead atoms. The molecular weight excluding hydrogens is 260 g/mol. The predicted molar refractivity (Wildman–Crippen MR) is 73.6 cm³/mol. The summed E-state index contributed by atoms with van der Waals surface area (Å²) in [5.74, 6) is -1.08. The second-order valence-electron chi connectivity index (χ2n) is 4.76. The summed E-state index contributed by atoms with van der Waals surface area (Å²) < 4.78 is 0. The van der Waals surface area contributed by atoms with Crippen molar-refractivity contribution in [1.29, 1.82) is 0 Å². The molecule has 1 heterocycles. The highest BCUT2D eigenvalue weighted by atomic mass is 16.4. The minimum atomic E-state index is -1.08. The fraction of sp³-hybridized carbons (Fsp3) is 0.429. The third kappa shape index (κ3) is 2.75. The molecular formula is C14H18N2O4. The van der Waals surface area contributed by atoms with Gasteiger partial charge in [-0.25, -0.2) is 9.59 Å². The highest BCUT2D eigenvalue weighted by molar-refractivity contribution is 5.94. The van der Waals surface area contributed by atoms with Gasteiger partial charge in [0.05, 0.1) is 6.10 Å². The number of aliphatic hydroxyl groups excluding tert-OH is 1. The number of aliphatic carboxylic acids is 1. The van der Waals surface area contributed by atoms with Crippen molar-refractivity contribution in [1.82, 2.24) is 4.90 Å². The van der Waals surface area contributed by atoms with Gasteiger partial charge in [-0.05, 0) is 19.1 Å². The molecule has 1 aromatic carbocycles. The first-order valence-electron chi connectivity index (χ1n) is 6.58. The Hall–Kier alpha value is -2.08. The van der Waals surface area contributed by atoms with E-state index in [2.05, 4.69) is 0 Å². The fourth-order valence-electron chi connectivity index (χ4n) is 2.45. The average Bonchev–Trinajstić information content (AvgIpc) is 2.83. The van der Waals surface area contributed by atoms with Gasteiger partial charge in [-0.15, -0.1) is 0 Å². The summed E-state index contributed by atoms with van der Waals surface area (Å²) in [6.07, 6.45) is -0.706. The average molecular weight is 278 g/mol. The second-order valence-corrected chi connectivity index (χ2v) is 4.76. The number of rotatable bonds is 3. The smallest absolute Gasteiger partial charge is 0.326 e. The van der Waals surface area contributed by atoms with Crippen LogP contribution in [0.3, 0.4) is 0 Å². The van der Waals surface area contributed by atoms with Crippen LogP contribution >= 0.6 is 0 Å². The number of benzene rings is 1. The van der Waals surface area contributed by atoms with Gasteiger partial charge in [0, 0.05) is 25.2 Å². The van der Waals surface area contributed by atoms with Gasteiger partial charge >= 0.3 is 12.0 Å². The Kier molecular flexibility index (Phi) is 4.24. The number of para-hydroxylation sites is 1. The Morgan fingerprint density at radius 1 is 1.35 bits per heavy atom.